The minimum atomic E-state index is -0.907. The molecule has 0 saturated carbocycles. The third-order valence-electron chi connectivity index (χ3n) is 2.87. The van der Waals surface area contributed by atoms with Crippen LogP contribution >= 0.6 is 0 Å². The van der Waals surface area contributed by atoms with Gasteiger partial charge in [0.25, 0.3) is 0 Å². The van der Waals surface area contributed by atoms with E-state index in [-0.39, 0.29) is 0 Å². The van der Waals surface area contributed by atoms with Crippen molar-refractivity contribution < 1.29 is 14.6 Å². The van der Waals surface area contributed by atoms with Crippen LogP contribution in [0.15, 0.2) is 30.4 Å². The fourth-order valence-electron chi connectivity index (χ4n) is 1.97. The third kappa shape index (κ3) is 3.60. The number of carboxylic acid groups (broad SMARTS) is 1. The maximum atomic E-state index is 10.2. The predicted octanol–water partition coefficient (Wildman–Crippen LogP) is 1.39. The summed E-state index contributed by atoms with van der Waals surface area (Å²) in [7, 11) is 0. The van der Waals surface area contributed by atoms with Crippen LogP contribution in [0.3, 0.4) is 0 Å². The van der Waals surface area contributed by atoms with Gasteiger partial charge >= 0.3 is 5.97 Å². The molecule has 4 heteroatoms. The molecule has 0 atom stereocenters. The van der Waals surface area contributed by atoms with E-state index in [9.17, 15) is 4.79 Å². The highest BCUT2D eigenvalue weighted by Gasteiger charge is 2.11. The number of carboxylic acids is 1. The van der Waals surface area contributed by atoms with E-state index in [0.717, 1.165) is 37.8 Å². The topological polar surface area (TPSA) is 58.6 Å². The number of fused-ring (bicyclic) bond motifs is 1. The maximum absolute atomic E-state index is 10.2. The highest BCUT2D eigenvalue weighted by atomic mass is 16.5. The average molecular weight is 247 g/mol. The summed E-state index contributed by atoms with van der Waals surface area (Å²) in [5.41, 5.74) is 2.58. The summed E-state index contributed by atoms with van der Waals surface area (Å²) < 4.78 is 5.45. The molecule has 1 aromatic carbocycles. The number of hydrogen-bond acceptors (Lipinski definition) is 3. The van der Waals surface area contributed by atoms with Gasteiger partial charge in [0.2, 0.25) is 0 Å². The number of carbonyl (C=O) groups is 1. The van der Waals surface area contributed by atoms with Crippen LogP contribution in [0.25, 0.3) is 0 Å². The van der Waals surface area contributed by atoms with Gasteiger partial charge in [-0.3, -0.25) is 0 Å². The number of aliphatic carboxylic acids is 1. The largest absolute Gasteiger partial charge is 0.493 e. The molecule has 18 heavy (non-hydrogen) atoms. The molecule has 2 N–H and O–H groups in total. The fraction of sp³-hybridized carbons (Fsp3) is 0.357. The van der Waals surface area contributed by atoms with E-state index in [1.165, 1.54) is 11.1 Å². The molecular weight excluding hydrogens is 230 g/mol. The molecule has 0 unspecified atom stereocenters. The number of benzene rings is 1. The first-order chi connectivity index (χ1) is 8.75. The Morgan fingerprint density at radius 2 is 2.39 bits per heavy atom. The second-order valence-electron chi connectivity index (χ2n) is 4.24. The zero-order valence-corrected chi connectivity index (χ0v) is 10.2. The molecule has 0 aliphatic carbocycles. The van der Waals surface area contributed by atoms with Gasteiger partial charge in [0.05, 0.1) is 6.61 Å². The first-order valence-electron chi connectivity index (χ1n) is 6.10. The third-order valence-corrected chi connectivity index (χ3v) is 2.87. The molecule has 4 nitrogen and oxygen atoms in total. The molecule has 0 aromatic heterocycles. The van der Waals surface area contributed by atoms with E-state index in [2.05, 4.69) is 17.4 Å². The van der Waals surface area contributed by atoms with E-state index in [1.54, 1.807) is 6.08 Å². The summed E-state index contributed by atoms with van der Waals surface area (Å²) in [6.07, 6.45) is 4.70. The van der Waals surface area contributed by atoms with Crippen LogP contribution < -0.4 is 10.1 Å². The Balaban J connectivity index is 1.72. The smallest absolute Gasteiger partial charge is 0.328 e. The van der Waals surface area contributed by atoms with Crippen LogP contribution in [0.2, 0.25) is 0 Å². The van der Waals surface area contributed by atoms with Crippen molar-refractivity contribution in [1.29, 1.82) is 0 Å². The minimum absolute atomic E-state index is 0.584. The van der Waals surface area contributed by atoms with Crippen molar-refractivity contribution in [3.63, 3.8) is 0 Å². The second-order valence-corrected chi connectivity index (χ2v) is 4.24. The second kappa shape index (κ2) is 6.21. The van der Waals surface area contributed by atoms with Gasteiger partial charge in [-0.25, -0.2) is 4.79 Å². The quantitative estimate of drug-likeness (QED) is 0.589. The van der Waals surface area contributed by atoms with Crippen LogP contribution in [0, 0.1) is 0 Å². The van der Waals surface area contributed by atoms with Gasteiger partial charge in [-0.1, -0.05) is 18.2 Å². The number of ether oxygens (including phenoxy) is 1. The van der Waals surface area contributed by atoms with Crippen molar-refractivity contribution in [3.8, 4) is 5.75 Å². The van der Waals surface area contributed by atoms with Crippen molar-refractivity contribution >= 4 is 5.97 Å². The van der Waals surface area contributed by atoms with Crippen LogP contribution in [-0.4, -0.2) is 30.8 Å². The molecule has 2 rings (SSSR count). The maximum Gasteiger partial charge on any atom is 0.328 e. The lowest BCUT2D eigenvalue weighted by Gasteiger charge is -2.04. The molecule has 1 heterocycles. The van der Waals surface area contributed by atoms with Crippen molar-refractivity contribution in [2.75, 3.05) is 19.7 Å². The standard InChI is InChI=1S/C14H17NO3/c16-14(17)2-1-7-15-8-5-11-3-4-13-12(10-11)6-9-18-13/h1-4,10,15H,5-9H2,(H,16,17)/b2-1+. The fourth-order valence-corrected chi connectivity index (χ4v) is 1.97. The molecule has 0 spiro atoms. The van der Waals surface area contributed by atoms with Crippen molar-refractivity contribution in [1.82, 2.24) is 5.32 Å². The lowest BCUT2D eigenvalue weighted by atomic mass is 10.1. The highest BCUT2D eigenvalue weighted by Crippen LogP contribution is 2.25. The lowest BCUT2D eigenvalue weighted by molar-refractivity contribution is -0.131. The van der Waals surface area contributed by atoms with Gasteiger partial charge in [0, 0.05) is 19.0 Å². The van der Waals surface area contributed by atoms with Gasteiger partial charge in [-0.15, -0.1) is 0 Å². The molecule has 1 aromatic rings. The van der Waals surface area contributed by atoms with Crippen LogP contribution in [0.1, 0.15) is 11.1 Å². The summed E-state index contributed by atoms with van der Waals surface area (Å²) in [5, 5.41) is 11.6. The Kier molecular flexibility index (Phi) is 4.36. The van der Waals surface area contributed by atoms with Gasteiger partial charge in [-0.2, -0.15) is 0 Å². The van der Waals surface area contributed by atoms with Crippen LogP contribution in [0.5, 0.6) is 5.75 Å². The molecule has 96 valence electrons. The van der Waals surface area contributed by atoms with E-state index >= 15 is 0 Å². The van der Waals surface area contributed by atoms with Crippen LogP contribution in [0.4, 0.5) is 0 Å². The SMILES string of the molecule is O=C(O)/C=C/CNCCc1ccc2c(c1)CCO2. The Labute approximate surface area is 106 Å². The molecule has 0 amide bonds. The van der Waals surface area contributed by atoms with E-state index in [0.29, 0.717) is 6.54 Å². The first kappa shape index (κ1) is 12.6. The summed E-state index contributed by atoms with van der Waals surface area (Å²) in [6.45, 7) is 2.21. The molecule has 0 saturated heterocycles. The number of rotatable bonds is 6. The first-order valence-corrected chi connectivity index (χ1v) is 6.10. The number of nitrogens with one attached hydrogen (secondary N) is 1. The molecule has 1 aliphatic heterocycles. The van der Waals surface area contributed by atoms with Gasteiger partial charge in [0.15, 0.2) is 0 Å². The monoisotopic (exact) mass is 247 g/mol. The Morgan fingerprint density at radius 1 is 1.50 bits per heavy atom. The molecule has 0 radical (unpaired) electrons. The Morgan fingerprint density at radius 3 is 3.22 bits per heavy atom. The van der Waals surface area contributed by atoms with Gasteiger partial charge in [0.1, 0.15) is 5.75 Å². The highest BCUT2D eigenvalue weighted by molar-refractivity contribution is 5.79. The van der Waals surface area contributed by atoms with Gasteiger partial charge in [-0.05, 0) is 30.2 Å². The van der Waals surface area contributed by atoms with Gasteiger partial charge < -0.3 is 15.2 Å². The lowest BCUT2D eigenvalue weighted by Crippen LogP contribution is -2.17. The van der Waals surface area contributed by atoms with Crippen molar-refractivity contribution in [2.24, 2.45) is 0 Å². The summed E-state index contributed by atoms with van der Waals surface area (Å²) in [4.78, 5) is 10.2. The normalized spacial score (nSPS) is 13.6. The van der Waals surface area contributed by atoms with Crippen LogP contribution in [-0.2, 0) is 17.6 Å². The summed E-state index contributed by atoms with van der Waals surface area (Å²) in [5.74, 6) is 0.103. The van der Waals surface area contributed by atoms with E-state index < -0.39 is 5.97 Å². The average Bonchev–Trinajstić information content (AvgIpc) is 2.80. The zero-order valence-electron chi connectivity index (χ0n) is 10.2. The summed E-state index contributed by atoms with van der Waals surface area (Å²) in [6, 6.07) is 6.30. The summed E-state index contributed by atoms with van der Waals surface area (Å²) >= 11 is 0. The predicted molar refractivity (Wildman–Crippen MR) is 69.0 cm³/mol. The molecule has 0 fully saturated rings. The number of hydrogen-bond donors (Lipinski definition) is 2. The van der Waals surface area contributed by atoms with Crippen molar-refractivity contribution in [2.45, 2.75) is 12.8 Å². The molecule has 0 bridgehead atoms. The molecular formula is C14H17NO3. The van der Waals surface area contributed by atoms with E-state index in [1.807, 2.05) is 6.07 Å². The zero-order chi connectivity index (χ0) is 12.8. The Bertz CT molecular complexity index is 454. The molecule has 1 aliphatic rings. The van der Waals surface area contributed by atoms with Crippen molar-refractivity contribution in [3.05, 3.63) is 41.5 Å². The minimum Gasteiger partial charge on any atom is -0.493 e. The Hall–Kier alpha value is -1.81. The van der Waals surface area contributed by atoms with E-state index in [4.69, 9.17) is 9.84 Å².